The molecule has 0 radical (unpaired) electrons. The first kappa shape index (κ1) is 13.1. The van der Waals surface area contributed by atoms with E-state index in [1.54, 1.807) is 24.3 Å². The molecule has 0 saturated heterocycles. The number of aliphatic imine (C=N–C) groups is 1. The van der Waals surface area contributed by atoms with Crippen molar-refractivity contribution in [3.8, 4) is 0 Å². The Morgan fingerprint density at radius 3 is 1.74 bits per heavy atom. The highest BCUT2D eigenvalue weighted by Crippen LogP contribution is 2.16. The molecule has 19 heavy (non-hydrogen) atoms. The van der Waals surface area contributed by atoms with E-state index >= 15 is 0 Å². The SMILES string of the molecule is C=C(N=C(C)c1ccc(F)cc1)c1ccc(F)cc1. The quantitative estimate of drug-likeness (QED) is 0.720. The number of hydrogen-bond acceptors (Lipinski definition) is 1. The van der Waals surface area contributed by atoms with Gasteiger partial charge < -0.3 is 0 Å². The minimum atomic E-state index is -0.296. The van der Waals surface area contributed by atoms with Gasteiger partial charge in [-0.2, -0.15) is 0 Å². The van der Waals surface area contributed by atoms with Gasteiger partial charge in [0.15, 0.2) is 0 Å². The zero-order valence-corrected chi connectivity index (χ0v) is 10.5. The summed E-state index contributed by atoms with van der Waals surface area (Å²) < 4.78 is 25.6. The molecule has 0 aromatic heterocycles. The van der Waals surface area contributed by atoms with Crippen LogP contribution in [0.25, 0.3) is 5.70 Å². The van der Waals surface area contributed by atoms with Crippen LogP contribution in [0.15, 0.2) is 60.1 Å². The van der Waals surface area contributed by atoms with Gasteiger partial charge in [0.25, 0.3) is 0 Å². The minimum absolute atomic E-state index is 0.283. The molecule has 0 unspecified atom stereocenters. The topological polar surface area (TPSA) is 12.4 Å². The van der Waals surface area contributed by atoms with Gasteiger partial charge in [-0.15, -0.1) is 0 Å². The molecule has 0 aliphatic carbocycles. The fourth-order valence-electron chi connectivity index (χ4n) is 1.66. The molecule has 0 atom stereocenters. The van der Waals surface area contributed by atoms with Gasteiger partial charge in [0.2, 0.25) is 0 Å². The first-order valence-electron chi connectivity index (χ1n) is 5.82. The lowest BCUT2D eigenvalue weighted by Crippen LogP contribution is -1.95. The second kappa shape index (κ2) is 5.57. The highest BCUT2D eigenvalue weighted by atomic mass is 19.1. The molecule has 0 spiro atoms. The molecule has 0 heterocycles. The molecule has 0 fully saturated rings. The van der Waals surface area contributed by atoms with Crippen LogP contribution in [0.4, 0.5) is 8.78 Å². The lowest BCUT2D eigenvalue weighted by molar-refractivity contribution is 0.627. The summed E-state index contributed by atoms with van der Waals surface area (Å²) in [5.41, 5.74) is 2.85. The van der Waals surface area contributed by atoms with E-state index in [0.717, 1.165) is 16.8 Å². The molecule has 0 aliphatic heterocycles. The summed E-state index contributed by atoms with van der Waals surface area (Å²) in [5.74, 6) is -0.579. The van der Waals surface area contributed by atoms with Crippen molar-refractivity contribution in [3.05, 3.63) is 77.9 Å². The standard InChI is InChI=1S/C16H13F2N/c1-11(13-3-7-15(17)8-4-13)19-12(2)14-5-9-16(18)10-6-14/h3-10H,1H2,2H3. The fraction of sp³-hybridized carbons (Fsp3) is 0.0625. The third kappa shape index (κ3) is 3.35. The van der Waals surface area contributed by atoms with Gasteiger partial charge in [0, 0.05) is 5.71 Å². The van der Waals surface area contributed by atoms with Crippen LogP contribution in [0.5, 0.6) is 0 Å². The highest BCUT2D eigenvalue weighted by Gasteiger charge is 2.01. The number of halogens is 2. The van der Waals surface area contributed by atoms with E-state index in [0.29, 0.717) is 5.70 Å². The maximum atomic E-state index is 12.8. The summed E-state index contributed by atoms with van der Waals surface area (Å²) in [6.45, 7) is 5.67. The van der Waals surface area contributed by atoms with Crippen molar-refractivity contribution in [2.75, 3.05) is 0 Å². The normalized spacial score (nSPS) is 11.4. The maximum absolute atomic E-state index is 12.8. The van der Waals surface area contributed by atoms with Crippen molar-refractivity contribution in [1.82, 2.24) is 0 Å². The minimum Gasteiger partial charge on any atom is -0.253 e. The van der Waals surface area contributed by atoms with E-state index in [9.17, 15) is 8.78 Å². The van der Waals surface area contributed by atoms with Gasteiger partial charge in [-0.1, -0.05) is 18.7 Å². The van der Waals surface area contributed by atoms with Gasteiger partial charge >= 0.3 is 0 Å². The lowest BCUT2D eigenvalue weighted by atomic mass is 10.1. The highest BCUT2D eigenvalue weighted by molar-refractivity contribution is 6.01. The molecule has 0 aliphatic rings. The van der Waals surface area contributed by atoms with E-state index in [1.165, 1.54) is 24.3 Å². The van der Waals surface area contributed by atoms with Crippen LogP contribution in [0, 0.1) is 11.6 Å². The molecule has 2 aromatic rings. The summed E-state index contributed by atoms with van der Waals surface area (Å²) in [4.78, 5) is 4.35. The van der Waals surface area contributed by atoms with E-state index < -0.39 is 0 Å². The molecule has 2 rings (SSSR count). The van der Waals surface area contributed by atoms with Gasteiger partial charge in [0.1, 0.15) is 11.6 Å². The van der Waals surface area contributed by atoms with Crippen molar-refractivity contribution in [3.63, 3.8) is 0 Å². The zero-order valence-electron chi connectivity index (χ0n) is 10.5. The average Bonchev–Trinajstić information content (AvgIpc) is 2.40. The largest absolute Gasteiger partial charge is 0.253 e. The van der Waals surface area contributed by atoms with Crippen LogP contribution >= 0.6 is 0 Å². The molecule has 0 N–H and O–H groups in total. The molecule has 96 valence electrons. The van der Waals surface area contributed by atoms with E-state index in [2.05, 4.69) is 11.6 Å². The van der Waals surface area contributed by atoms with Gasteiger partial charge in [-0.25, -0.2) is 8.78 Å². The van der Waals surface area contributed by atoms with E-state index in [1.807, 2.05) is 6.92 Å². The second-order valence-corrected chi connectivity index (χ2v) is 4.16. The Labute approximate surface area is 110 Å². The predicted molar refractivity (Wildman–Crippen MR) is 74.0 cm³/mol. The van der Waals surface area contributed by atoms with Gasteiger partial charge in [-0.3, -0.25) is 4.99 Å². The van der Waals surface area contributed by atoms with Crippen LogP contribution in [-0.4, -0.2) is 5.71 Å². The Morgan fingerprint density at radius 1 is 0.842 bits per heavy atom. The third-order valence-electron chi connectivity index (χ3n) is 2.74. The van der Waals surface area contributed by atoms with E-state index in [4.69, 9.17) is 0 Å². The Hall–Kier alpha value is -2.29. The predicted octanol–water partition coefficient (Wildman–Crippen LogP) is 4.44. The lowest BCUT2D eigenvalue weighted by Gasteiger charge is -2.04. The van der Waals surface area contributed by atoms with Gasteiger partial charge in [0.05, 0.1) is 5.70 Å². The van der Waals surface area contributed by atoms with Crippen LogP contribution in [-0.2, 0) is 0 Å². The Bertz CT molecular complexity index is 610. The van der Waals surface area contributed by atoms with Crippen molar-refractivity contribution < 1.29 is 8.78 Å². The monoisotopic (exact) mass is 257 g/mol. The molecular formula is C16H13F2N. The molecular weight excluding hydrogens is 244 g/mol. The Balaban J connectivity index is 2.22. The average molecular weight is 257 g/mol. The molecule has 2 aromatic carbocycles. The van der Waals surface area contributed by atoms with Crippen molar-refractivity contribution in [2.24, 2.45) is 4.99 Å². The number of hydrogen-bond donors (Lipinski definition) is 0. The fourth-order valence-corrected chi connectivity index (χ4v) is 1.66. The summed E-state index contributed by atoms with van der Waals surface area (Å²) in [5, 5.41) is 0. The molecule has 0 amide bonds. The zero-order chi connectivity index (χ0) is 13.8. The van der Waals surface area contributed by atoms with E-state index in [-0.39, 0.29) is 11.6 Å². The summed E-state index contributed by atoms with van der Waals surface area (Å²) >= 11 is 0. The molecule has 3 heteroatoms. The first-order chi connectivity index (χ1) is 9.06. The number of nitrogens with zero attached hydrogens (tertiary/aromatic N) is 1. The molecule has 1 nitrogen and oxygen atoms in total. The smallest absolute Gasteiger partial charge is 0.123 e. The third-order valence-corrected chi connectivity index (χ3v) is 2.74. The Morgan fingerprint density at radius 2 is 1.26 bits per heavy atom. The van der Waals surface area contributed by atoms with Crippen LogP contribution < -0.4 is 0 Å². The van der Waals surface area contributed by atoms with Crippen molar-refractivity contribution in [1.29, 1.82) is 0 Å². The number of rotatable bonds is 3. The second-order valence-electron chi connectivity index (χ2n) is 4.16. The summed E-state index contributed by atoms with van der Waals surface area (Å²) in [6, 6.07) is 12.1. The molecule has 0 bridgehead atoms. The maximum Gasteiger partial charge on any atom is 0.123 e. The van der Waals surface area contributed by atoms with Crippen LogP contribution in [0.2, 0.25) is 0 Å². The van der Waals surface area contributed by atoms with Gasteiger partial charge in [-0.05, 0) is 54.4 Å². The first-order valence-corrected chi connectivity index (χ1v) is 5.82. The van der Waals surface area contributed by atoms with Crippen LogP contribution in [0.3, 0.4) is 0 Å². The summed E-state index contributed by atoms with van der Waals surface area (Å²) in [6.07, 6.45) is 0. The Kier molecular flexibility index (Phi) is 3.85. The summed E-state index contributed by atoms with van der Waals surface area (Å²) in [7, 11) is 0. The molecule has 0 saturated carbocycles. The van der Waals surface area contributed by atoms with Crippen molar-refractivity contribution in [2.45, 2.75) is 6.92 Å². The van der Waals surface area contributed by atoms with Crippen LogP contribution in [0.1, 0.15) is 18.1 Å². The number of benzene rings is 2. The van der Waals surface area contributed by atoms with Crippen molar-refractivity contribution >= 4 is 11.4 Å².